The monoisotopic (exact) mass is 454 g/mol. The molecule has 29 heavy (non-hydrogen) atoms. The molecule has 0 heterocycles. The number of hydrogen-bond donors (Lipinski definition) is 4. The molecule has 0 aromatic heterocycles. The van der Waals surface area contributed by atoms with Gasteiger partial charge in [0.2, 0.25) is 0 Å². The Morgan fingerprint density at radius 1 is 0.931 bits per heavy atom. The average molecular weight is 455 g/mol. The minimum atomic E-state index is -4.57. The second-order valence-corrected chi connectivity index (χ2v) is 9.63. The van der Waals surface area contributed by atoms with Gasteiger partial charge in [-0.05, 0) is 54.4 Å². The summed E-state index contributed by atoms with van der Waals surface area (Å²) in [5.41, 5.74) is 0.656. The molecule has 0 amide bonds. The van der Waals surface area contributed by atoms with Crippen LogP contribution in [0.5, 0.6) is 0 Å². The predicted octanol–water partition coefficient (Wildman–Crippen LogP) is 2.80. The van der Waals surface area contributed by atoms with Gasteiger partial charge in [0, 0.05) is 11.7 Å². The molecule has 1 saturated carbocycles. The van der Waals surface area contributed by atoms with Crippen molar-refractivity contribution in [3.8, 4) is 0 Å². The molecule has 8 nitrogen and oxygen atoms in total. The van der Waals surface area contributed by atoms with Crippen molar-refractivity contribution in [2.24, 2.45) is 0 Å². The first-order valence-electron chi connectivity index (χ1n) is 8.48. The van der Waals surface area contributed by atoms with Crippen molar-refractivity contribution in [1.29, 1.82) is 0 Å². The fourth-order valence-electron chi connectivity index (χ4n) is 2.59. The van der Waals surface area contributed by atoms with E-state index in [-0.39, 0.29) is 20.9 Å². The first-order chi connectivity index (χ1) is 13.5. The quantitative estimate of drug-likeness (QED) is 0.295. The average Bonchev–Trinajstić information content (AvgIpc) is 3.43. The maximum Gasteiger partial charge on any atom is 0.295 e. The topological polar surface area (TPSA) is 133 Å². The molecule has 1 aliphatic carbocycles. The molecule has 2 aromatic carbocycles. The number of thiocarbonyl (C=S) groups is 1. The highest BCUT2D eigenvalue weighted by Gasteiger charge is 2.22. The summed E-state index contributed by atoms with van der Waals surface area (Å²) >= 11 is 5.16. The van der Waals surface area contributed by atoms with Crippen LogP contribution in [0, 0.1) is 0 Å². The van der Waals surface area contributed by atoms with Gasteiger partial charge in [0.1, 0.15) is 9.79 Å². The Labute approximate surface area is 174 Å². The van der Waals surface area contributed by atoms with E-state index in [4.69, 9.17) is 12.2 Å². The van der Waals surface area contributed by atoms with Crippen molar-refractivity contribution >= 4 is 55.4 Å². The van der Waals surface area contributed by atoms with Crippen LogP contribution < -0.4 is 10.6 Å². The molecule has 4 N–H and O–H groups in total. The van der Waals surface area contributed by atoms with Crippen molar-refractivity contribution in [1.82, 2.24) is 5.32 Å². The van der Waals surface area contributed by atoms with Crippen LogP contribution in [-0.2, 0) is 20.2 Å². The Morgan fingerprint density at radius 2 is 1.52 bits per heavy atom. The third kappa shape index (κ3) is 5.84. The molecule has 1 aliphatic rings. The summed E-state index contributed by atoms with van der Waals surface area (Å²) in [6.07, 6.45) is 4.71. The third-order valence-corrected chi connectivity index (χ3v) is 6.16. The number of rotatable bonds is 6. The summed E-state index contributed by atoms with van der Waals surface area (Å²) in [4.78, 5) is -0.697. The molecular weight excluding hydrogens is 436 g/mol. The lowest BCUT2D eigenvalue weighted by atomic mass is 10.1. The standard InChI is InChI=1S/C18H18N2O6S3/c21-28(22,23)16-4-2-1-3-12(16)5-6-13-7-8-15(11-17(13)29(24,25)26)20-18(27)19-14-9-10-14/h1-8,11,14H,9-10H2,(H2,19,20,27)(H,21,22,23)(H,24,25,26). The van der Waals surface area contributed by atoms with Gasteiger partial charge < -0.3 is 10.6 Å². The highest BCUT2D eigenvalue weighted by Crippen LogP contribution is 2.25. The summed E-state index contributed by atoms with van der Waals surface area (Å²) in [5, 5.41) is 6.27. The molecule has 2 aromatic rings. The van der Waals surface area contributed by atoms with Crippen LogP contribution in [0.25, 0.3) is 12.2 Å². The number of nitrogens with one attached hydrogen (secondary N) is 2. The van der Waals surface area contributed by atoms with Gasteiger partial charge in [-0.3, -0.25) is 9.11 Å². The van der Waals surface area contributed by atoms with E-state index >= 15 is 0 Å². The lowest BCUT2D eigenvalue weighted by Gasteiger charge is -2.12. The molecular formula is C18H18N2O6S3. The van der Waals surface area contributed by atoms with Crippen LogP contribution in [0.15, 0.2) is 52.3 Å². The van der Waals surface area contributed by atoms with Gasteiger partial charge in [0.15, 0.2) is 5.11 Å². The zero-order chi connectivity index (χ0) is 21.2. The van der Waals surface area contributed by atoms with E-state index in [0.717, 1.165) is 12.8 Å². The molecule has 1 fully saturated rings. The second-order valence-electron chi connectivity index (χ2n) is 6.45. The van der Waals surface area contributed by atoms with E-state index in [1.165, 1.54) is 42.5 Å². The molecule has 0 unspecified atom stereocenters. The van der Waals surface area contributed by atoms with Gasteiger partial charge in [-0.15, -0.1) is 0 Å². The van der Waals surface area contributed by atoms with E-state index in [9.17, 15) is 25.9 Å². The van der Waals surface area contributed by atoms with Crippen molar-refractivity contribution < 1.29 is 25.9 Å². The zero-order valence-corrected chi connectivity index (χ0v) is 17.4. The van der Waals surface area contributed by atoms with E-state index in [2.05, 4.69) is 10.6 Å². The lowest BCUT2D eigenvalue weighted by Crippen LogP contribution is -2.30. The van der Waals surface area contributed by atoms with Crippen LogP contribution in [0.3, 0.4) is 0 Å². The summed E-state index contributed by atoms with van der Waals surface area (Å²) in [6.45, 7) is 0. The first kappa shape index (κ1) is 21.4. The Morgan fingerprint density at radius 3 is 2.10 bits per heavy atom. The van der Waals surface area contributed by atoms with Crippen LogP contribution in [0.4, 0.5) is 5.69 Å². The van der Waals surface area contributed by atoms with Crippen LogP contribution in [0.1, 0.15) is 24.0 Å². The Hall–Kier alpha value is -2.31. The molecule has 0 radical (unpaired) electrons. The zero-order valence-electron chi connectivity index (χ0n) is 14.9. The Bertz CT molecular complexity index is 1190. The van der Waals surface area contributed by atoms with Crippen molar-refractivity contribution in [3.05, 3.63) is 53.6 Å². The molecule has 0 saturated heterocycles. The molecule has 0 bridgehead atoms. The summed E-state index contributed by atoms with van der Waals surface area (Å²) in [7, 11) is -9.02. The van der Waals surface area contributed by atoms with Gasteiger partial charge in [-0.2, -0.15) is 16.8 Å². The first-order valence-corrected chi connectivity index (χ1v) is 11.8. The van der Waals surface area contributed by atoms with E-state index < -0.39 is 20.2 Å². The molecule has 11 heteroatoms. The summed E-state index contributed by atoms with van der Waals surface area (Å²) < 4.78 is 65.5. The van der Waals surface area contributed by atoms with Gasteiger partial charge in [0.25, 0.3) is 20.2 Å². The maximum absolute atomic E-state index is 11.8. The summed E-state index contributed by atoms with van der Waals surface area (Å²) in [5.74, 6) is 0. The normalized spacial score (nSPS) is 14.7. The molecule has 0 aliphatic heterocycles. The minimum Gasteiger partial charge on any atom is -0.360 e. The van der Waals surface area contributed by atoms with Crippen LogP contribution >= 0.6 is 12.2 Å². The molecule has 0 atom stereocenters. The van der Waals surface area contributed by atoms with E-state index in [1.807, 2.05) is 0 Å². The van der Waals surface area contributed by atoms with Crippen molar-refractivity contribution in [2.75, 3.05) is 5.32 Å². The van der Waals surface area contributed by atoms with Gasteiger partial charge >= 0.3 is 0 Å². The van der Waals surface area contributed by atoms with Crippen LogP contribution in [-0.4, -0.2) is 37.1 Å². The Kier molecular flexibility index (Phi) is 6.05. The fraction of sp³-hybridized carbons (Fsp3) is 0.167. The van der Waals surface area contributed by atoms with Gasteiger partial charge in [0.05, 0.1) is 0 Å². The molecule has 154 valence electrons. The van der Waals surface area contributed by atoms with E-state index in [1.54, 1.807) is 12.1 Å². The smallest absolute Gasteiger partial charge is 0.295 e. The molecule has 0 spiro atoms. The highest BCUT2D eigenvalue weighted by molar-refractivity contribution is 7.86. The second kappa shape index (κ2) is 8.20. The molecule has 3 rings (SSSR count). The summed E-state index contributed by atoms with van der Waals surface area (Å²) in [6, 6.07) is 10.2. The minimum absolute atomic E-state index is 0.129. The van der Waals surface area contributed by atoms with Gasteiger partial charge in [-0.25, -0.2) is 0 Å². The largest absolute Gasteiger partial charge is 0.360 e. The number of benzene rings is 2. The number of hydrogen-bond acceptors (Lipinski definition) is 5. The van der Waals surface area contributed by atoms with Crippen LogP contribution in [0.2, 0.25) is 0 Å². The fourth-order valence-corrected chi connectivity index (χ4v) is 4.26. The Balaban J connectivity index is 1.93. The number of anilines is 1. The maximum atomic E-state index is 11.8. The van der Waals surface area contributed by atoms with E-state index in [0.29, 0.717) is 16.8 Å². The lowest BCUT2D eigenvalue weighted by molar-refractivity contribution is 0.480. The highest BCUT2D eigenvalue weighted by atomic mass is 32.2. The van der Waals surface area contributed by atoms with Crippen molar-refractivity contribution in [3.63, 3.8) is 0 Å². The third-order valence-electron chi connectivity index (χ3n) is 4.10. The SMILES string of the molecule is O=S(=O)(O)c1ccccc1C=Cc1ccc(NC(=S)NC2CC2)cc1S(=O)(=O)O. The van der Waals surface area contributed by atoms with Gasteiger partial charge in [-0.1, -0.05) is 36.4 Å². The van der Waals surface area contributed by atoms with Crippen molar-refractivity contribution in [2.45, 2.75) is 28.7 Å². The predicted molar refractivity (Wildman–Crippen MR) is 114 cm³/mol.